The summed E-state index contributed by atoms with van der Waals surface area (Å²) >= 11 is 0. The van der Waals surface area contributed by atoms with E-state index in [1.54, 1.807) is 0 Å². The topological polar surface area (TPSA) is 24.6 Å². The molecule has 0 spiro atoms. The maximum absolute atomic E-state index is 5.96. The van der Waals surface area contributed by atoms with Crippen molar-refractivity contribution < 1.29 is 4.74 Å². The molecule has 19 heavy (non-hydrogen) atoms. The molecule has 0 aliphatic carbocycles. The molecule has 0 radical (unpaired) electrons. The van der Waals surface area contributed by atoms with E-state index in [1.807, 2.05) is 18.3 Å². The average Bonchev–Trinajstić information content (AvgIpc) is 3.13. The summed E-state index contributed by atoms with van der Waals surface area (Å²) in [7, 11) is 1.67. The third kappa shape index (κ3) is 4.63. The molecule has 0 N–H and O–H groups in total. The van der Waals surface area contributed by atoms with Crippen LogP contribution in [0.5, 0.6) is 5.75 Å². The first-order chi connectivity index (χ1) is 9.22. The Morgan fingerprint density at radius 2 is 2.05 bits per heavy atom. The summed E-state index contributed by atoms with van der Waals surface area (Å²) in [5, 5.41) is 4.39. The number of hydrazone groups is 1. The van der Waals surface area contributed by atoms with Crippen LogP contribution in [0, 0.1) is 0 Å². The van der Waals surface area contributed by atoms with Crippen LogP contribution < -0.4 is 4.74 Å². The van der Waals surface area contributed by atoms with Crippen LogP contribution in [0.2, 0.25) is 0 Å². The third-order valence-electron chi connectivity index (χ3n) is 2.95. The summed E-state index contributed by atoms with van der Waals surface area (Å²) in [6.45, 7) is 4.37. The van der Waals surface area contributed by atoms with Gasteiger partial charge in [0, 0.05) is 6.26 Å². The van der Waals surface area contributed by atoms with E-state index >= 15 is 0 Å². The van der Waals surface area contributed by atoms with Crippen molar-refractivity contribution in [1.82, 2.24) is 4.18 Å². The highest BCUT2D eigenvalue weighted by Crippen LogP contribution is 2.32. The Morgan fingerprint density at radius 1 is 1.37 bits per heavy atom. The molecule has 1 heterocycles. The Kier molecular flexibility index (Phi) is 5.41. The van der Waals surface area contributed by atoms with E-state index in [4.69, 9.17) is 4.74 Å². The molecule has 0 saturated carbocycles. The van der Waals surface area contributed by atoms with Crippen molar-refractivity contribution in [2.75, 3.05) is 6.26 Å². The Bertz CT molecular complexity index is 473. The van der Waals surface area contributed by atoms with Gasteiger partial charge in [-0.15, -0.1) is 0 Å². The predicted molar refractivity (Wildman–Crippen MR) is 85.7 cm³/mol. The number of ether oxygens (including phenoxy) is 1. The highest BCUT2D eigenvalue weighted by molar-refractivity contribution is 8.31. The van der Waals surface area contributed by atoms with Crippen molar-refractivity contribution in [2.45, 2.75) is 39.2 Å². The second-order valence-corrected chi connectivity index (χ2v) is 8.66. The van der Waals surface area contributed by atoms with Crippen LogP contribution in [-0.2, 0) is 10.3 Å². The molecule has 0 amide bonds. The lowest BCUT2D eigenvalue weighted by molar-refractivity contribution is 0.186. The highest BCUT2D eigenvalue weighted by Gasteiger charge is 2.13. The smallest absolute Gasteiger partial charge is 0.119 e. The van der Waals surface area contributed by atoms with E-state index in [0.717, 1.165) is 30.6 Å². The van der Waals surface area contributed by atoms with Gasteiger partial charge in [0.1, 0.15) is 13.3 Å². The molecule has 2 rings (SSSR count). The molecule has 0 fully saturated rings. The monoisotopic (exact) mass is 296 g/mol. The first-order valence-electron chi connectivity index (χ1n) is 6.71. The fourth-order valence-corrected chi connectivity index (χ4v) is 3.60. The van der Waals surface area contributed by atoms with Crippen molar-refractivity contribution in [2.24, 2.45) is 5.10 Å². The van der Waals surface area contributed by atoms with E-state index in [-0.39, 0.29) is 0 Å². The maximum atomic E-state index is 5.96. The largest absolute Gasteiger partial charge is 0.490 e. The summed E-state index contributed by atoms with van der Waals surface area (Å²) in [5.74, 6) is 0.956. The first kappa shape index (κ1) is 14.5. The molecule has 0 bridgehead atoms. The van der Waals surface area contributed by atoms with Gasteiger partial charge in [0.05, 0.1) is 12.3 Å². The molecule has 1 aliphatic rings. The van der Waals surface area contributed by atoms with Crippen LogP contribution in [-0.4, -0.2) is 22.8 Å². The lowest BCUT2D eigenvalue weighted by Crippen LogP contribution is -2.14. The van der Waals surface area contributed by atoms with E-state index in [0.29, 0.717) is 16.4 Å². The van der Waals surface area contributed by atoms with Crippen LogP contribution in [0.1, 0.15) is 38.7 Å². The second-order valence-electron chi connectivity index (χ2n) is 4.53. The van der Waals surface area contributed by atoms with Crippen molar-refractivity contribution in [3.05, 3.63) is 29.8 Å². The van der Waals surface area contributed by atoms with E-state index < -0.39 is 0 Å². The second kappa shape index (κ2) is 7.06. The Balaban J connectivity index is 1.88. The van der Waals surface area contributed by atoms with Crippen molar-refractivity contribution in [3.63, 3.8) is 0 Å². The SMILES string of the molecule is CCCC(CC)Oc1ccc(C=NN2P=S2C)cc1. The minimum atomic E-state index is 0.336. The van der Waals surface area contributed by atoms with Gasteiger partial charge in [0.2, 0.25) is 0 Å². The van der Waals surface area contributed by atoms with Gasteiger partial charge in [-0.2, -0.15) is 9.29 Å². The van der Waals surface area contributed by atoms with Gasteiger partial charge in [0.15, 0.2) is 0 Å². The summed E-state index contributed by atoms with van der Waals surface area (Å²) in [5.41, 5.74) is 1.12. The van der Waals surface area contributed by atoms with Crippen LogP contribution in [0.4, 0.5) is 0 Å². The summed E-state index contributed by atoms with van der Waals surface area (Å²) in [4.78, 5) is 0. The van der Waals surface area contributed by atoms with Crippen LogP contribution >= 0.6 is 7.51 Å². The van der Waals surface area contributed by atoms with Gasteiger partial charge < -0.3 is 4.74 Å². The molecule has 0 aromatic heterocycles. The summed E-state index contributed by atoms with van der Waals surface area (Å²) < 4.78 is 8.03. The normalized spacial score (nSPS) is 20.2. The van der Waals surface area contributed by atoms with Gasteiger partial charge in [0.25, 0.3) is 0 Å². The molecular formula is C14H21N2OPS. The molecule has 104 valence electrons. The van der Waals surface area contributed by atoms with E-state index in [9.17, 15) is 0 Å². The standard InChI is InChI=1S/C14H21N2OPS/c1-4-6-13(5-2)17-14-9-7-12(8-10-14)11-15-16-18-19(16)3/h7-11,13H,4-6H2,1-3H3. The molecule has 2 unspecified atom stereocenters. The van der Waals surface area contributed by atoms with Crippen molar-refractivity contribution in [1.29, 1.82) is 0 Å². The van der Waals surface area contributed by atoms with Gasteiger partial charge in [-0.25, -0.2) is 0 Å². The number of hydrogen-bond acceptors (Lipinski definition) is 3. The lowest BCUT2D eigenvalue weighted by atomic mass is 10.1. The molecule has 0 saturated heterocycles. The molecule has 3 nitrogen and oxygen atoms in total. The molecule has 1 aromatic rings. The van der Waals surface area contributed by atoms with Gasteiger partial charge >= 0.3 is 0 Å². The average molecular weight is 296 g/mol. The third-order valence-corrected chi connectivity index (χ3v) is 5.86. The van der Waals surface area contributed by atoms with Gasteiger partial charge in [-0.3, -0.25) is 0 Å². The van der Waals surface area contributed by atoms with E-state index in [1.165, 1.54) is 7.51 Å². The predicted octanol–water partition coefficient (Wildman–Crippen LogP) is 4.23. The Labute approximate surface area is 119 Å². The quantitative estimate of drug-likeness (QED) is 0.555. The van der Waals surface area contributed by atoms with Gasteiger partial charge in [-0.05, 0) is 52.9 Å². The molecule has 2 atom stereocenters. The van der Waals surface area contributed by atoms with Crippen molar-refractivity contribution >= 4 is 24.0 Å². The number of nitrogens with zero attached hydrogens (tertiary/aromatic N) is 2. The fraction of sp³-hybridized carbons (Fsp3) is 0.500. The Morgan fingerprint density at radius 3 is 2.58 bits per heavy atom. The minimum absolute atomic E-state index is 0.336. The molecule has 1 aromatic carbocycles. The lowest BCUT2D eigenvalue weighted by Gasteiger charge is -2.16. The zero-order valence-corrected chi connectivity index (χ0v) is 13.5. The van der Waals surface area contributed by atoms with E-state index in [2.05, 4.69) is 41.5 Å². The number of benzene rings is 1. The molecule has 1 aliphatic heterocycles. The molecule has 5 heteroatoms. The minimum Gasteiger partial charge on any atom is -0.490 e. The van der Waals surface area contributed by atoms with Crippen LogP contribution in [0.25, 0.3) is 0 Å². The fourth-order valence-electron chi connectivity index (χ4n) is 1.78. The molecular weight excluding hydrogens is 275 g/mol. The summed E-state index contributed by atoms with van der Waals surface area (Å²) in [6.07, 6.45) is 7.78. The maximum Gasteiger partial charge on any atom is 0.119 e. The van der Waals surface area contributed by atoms with Crippen molar-refractivity contribution in [3.8, 4) is 5.75 Å². The van der Waals surface area contributed by atoms with Crippen LogP contribution in [0.15, 0.2) is 29.4 Å². The van der Waals surface area contributed by atoms with Crippen LogP contribution in [0.3, 0.4) is 0 Å². The first-order valence-corrected chi connectivity index (χ1v) is 9.75. The number of hydrogen-bond donors (Lipinski definition) is 0. The Hall–Kier alpha value is -0.860. The highest BCUT2D eigenvalue weighted by atomic mass is 32.6. The number of rotatable bonds is 7. The zero-order chi connectivity index (χ0) is 13.7. The zero-order valence-electron chi connectivity index (χ0n) is 11.7. The summed E-state index contributed by atoms with van der Waals surface area (Å²) in [6, 6.07) is 8.19. The van der Waals surface area contributed by atoms with Gasteiger partial charge in [-0.1, -0.05) is 20.3 Å².